The molecular formula is C24H29F3N4OS. The van der Waals surface area contributed by atoms with Gasteiger partial charge in [-0.3, -0.25) is 0 Å². The van der Waals surface area contributed by atoms with E-state index in [1.54, 1.807) is 11.8 Å². The van der Waals surface area contributed by atoms with Crippen LogP contribution >= 0.6 is 11.8 Å². The van der Waals surface area contributed by atoms with E-state index in [2.05, 4.69) is 21.9 Å². The smallest absolute Gasteiger partial charge is 0.196 e. The van der Waals surface area contributed by atoms with E-state index in [9.17, 15) is 13.2 Å². The van der Waals surface area contributed by atoms with Gasteiger partial charge in [0.1, 0.15) is 17.4 Å². The van der Waals surface area contributed by atoms with Crippen LogP contribution in [0.15, 0.2) is 35.2 Å². The summed E-state index contributed by atoms with van der Waals surface area (Å²) in [4.78, 5) is 10.6. The molecule has 9 heteroatoms. The fraction of sp³-hybridized carbons (Fsp3) is 0.458. The number of aromatic nitrogens is 2. The van der Waals surface area contributed by atoms with Gasteiger partial charge in [-0.15, -0.1) is 11.8 Å². The second-order valence-corrected chi connectivity index (χ2v) is 9.61. The van der Waals surface area contributed by atoms with Crippen LogP contribution in [0.25, 0.3) is 11.0 Å². The van der Waals surface area contributed by atoms with Crippen molar-refractivity contribution in [1.82, 2.24) is 14.9 Å². The van der Waals surface area contributed by atoms with Gasteiger partial charge in [0.2, 0.25) is 0 Å². The summed E-state index contributed by atoms with van der Waals surface area (Å²) in [7, 11) is 2.07. The molecule has 1 saturated heterocycles. The van der Waals surface area contributed by atoms with Gasteiger partial charge in [-0.1, -0.05) is 12.1 Å². The summed E-state index contributed by atoms with van der Waals surface area (Å²) in [5.74, 6) is -2.79. The van der Waals surface area contributed by atoms with E-state index < -0.39 is 23.6 Å². The summed E-state index contributed by atoms with van der Waals surface area (Å²) in [5, 5.41) is 0. The SMILES string of the molecule is CN1CCC(OC(c2cccc(SCCCCN)c2)c2nc3c(F)c(F)c(F)cc3[nH]2)CC1. The monoisotopic (exact) mass is 478 g/mol. The van der Waals surface area contributed by atoms with Crippen molar-refractivity contribution in [3.63, 3.8) is 0 Å². The number of unbranched alkanes of at least 4 members (excludes halogenated alkanes) is 1. The van der Waals surface area contributed by atoms with Gasteiger partial charge in [-0.2, -0.15) is 0 Å². The van der Waals surface area contributed by atoms with E-state index in [1.165, 1.54) is 0 Å². The Kier molecular flexibility index (Phi) is 7.95. The lowest BCUT2D eigenvalue weighted by Crippen LogP contribution is -2.35. The van der Waals surface area contributed by atoms with Gasteiger partial charge in [0, 0.05) is 24.1 Å². The molecule has 0 spiro atoms. The van der Waals surface area contributed by atoms with E-state index in [0.29, 0.717) is 12.4 Å². The molecular weight excluding hydrogens is 449 g/mol. The summed E-state index contributed by atoms with van der Waals surface area (Å²) in [5.41, 5.74) is 6.32. The summed E-state index contributed by atoms with van der Waals surface area (Å²) in [6.45, 7) is 2.51. The number of H-pyrrole nitrogens is 1. The van der Waals surface area contributed by atoms with E-state index >= 15 is 0 Å². The van der Waals surface area contributed by atoms with Gasteiger partial charge in [0.15, 0.2) is 17.5 Å². The van der Waals surface area contributed by atoms with Gasteiger partial charge in [0.25, 0.3) is 0 Å². The highest BCUT2D eigenvalue weighted by atomic mass is 32.2. The van der Waals surface area contributed by atoms with Crippen molar-refractivity contribution in [2.75, 3.05) is 32.4 Å². The van der Waals surface area contributed by atoms with Crippen LogP contribution in [0.4, 0.5) is 13.2 Å². The number of hydrogen-bond acceptors (Lipinski definition) is 5. The molecule has 1 unspecified atom stereocenters. The molecule has 0 bridgehead atoms. The zero-order chi connectivity index (χ0) is 23.4. The standard InChI is InChI=1S/C24H29F3N4OS/c1-31-10-7-16(8-11-31)32-23(15-5-4-6-17(13-15)33-12-3-2-9-28)24-29-19-14-18(25)20(26)21(27)22(19)30-24/h4-6,13-14,16,23H,2-3,7-12,28H2,1H3,(H,29,30). The maximum absolute atomic E-state index is 14.4. The highest BCUT2D eigenvalue weighted by molar-refractivity contribution is 7.99. The first-order valence-corrected chi connectivity index (χ1v) is 12.2. The first kappa shape index (κ1) is 24.1. The third-order valence-electron chi connectivity index (χ3n) is 5.90. The zero-order valence-electron chi connectivity index (χ0n) is 18.6. The molecule has 33 heavy (non-hydrogen) atoms. The second kappa shape index (κ2) is 10.9. The number of nitrogens with one attached hydrogen (secondary N) is 1. The molecule has 4 rings (SSSR count). The third kappa shape index (κ3) is 5.71. The Morgan fingerprint density at radius 2 is 1.97 bits per heavy atom. The molecule has 1 aromatic heterocycles. The van der Waals surface area contributed by atoms with Crippen molar-refractivity contribution in [2.45, 2.75) is 42.8 Å². The highest BCUT2D eigenvalue weighted by Gasteiger charge is 2.27. The van der Waals surface area contributed by atoms with Gasteiger partial charge in [0.05, 0.1) is 11.6 Å². The number of ether oxygens (including phenoxy) is 1. The molecule has 1 aliphatic heterocycles. The average Bonchev–Trinajstić information content (AvgIpc) is 3.24. The molecule has 3 N–H and O–H groups in total. The quantitative estimate of drug-likeness (QED) is 0.257. The Bertz CT molecular complexity index is 1090. The van der Waals surface area contributed by atoms with E-state index in [-0.39, 0.29) is 17.1 Å². The molecule has 2 heterocycles. The first-order valence-electron chi connectivity index (χ1n) is 11.3. The number of likely N-dealkylation sites (tertiary alicyclic amines) is 1. The number of fused-ring (bicyclic) bond motifs is 1. The fourth-order valence-electron chi connectivity index (χ4n) is 4.02. The maximum Gasteiger partial charge on any atom is 0.196 e. The van der Waals surface area contributed by atoms with Crippen molar-refractivity contribution in [3.05, 3.63) is 59.2 Å². The molecule has 0 radical (unpaired) electrons. The normalized spacial score (nSPS) is 16.5. The van der Waals surface area contributed by atoms with Crippen LogP contribution in [0.1, 0.15) is 43.2 Å². The fourth-order valence-corrected chi connectivity index (χ4v) is 5.00. The molecule has 5 nitrogen and oxygen atoms in total. The van der Waals surface area contributed by atoms with Gasteiger partial charge >= 0.3 is 0 Å². The summed E-state index contributed by atoms with van der Waals surface area (Å²) >= 11 is 1.74. The van der Waals surface area contributed by atoms with Crippen LogP contribution in [0.2, 0.25) is 0 Å². The van der Waals surface area contributed by atoms with Crippen LogP contribution < -0.4 is 5.73 Å². The molecule has 1 atom stereocenters. The van der Waals surface area contributed by atoms with E-state index in [1.807, 2.05) is 24.3 Å². The second-order valence-electron chi connectivity index (χ2n) is 8.44. The lowest BCUT2D eigenvalue weighted by atomic mass is 10.1. The topological polar surface area (TPSA) is 67.2 Å². The average molecular weight is 479 g/mol. The Morgan fingerprint density at radius 1 is 1.18 bits per heavy atom. The van der Waals surface area contributed by atoms with Crippen LogP contribution in [0.3, 0.4) is 0 Å². The predicted molar refractivity (Wildman–Crippen MR) is 125 cm³/mol. The van der Waals surface area contributed by atoms with Gasteiger partial charge < -0.3 is 20.4 Å². The molecule has 0 saturated carbocycles. The van der Waals surface area contributed by atoms with Gasteiger partial charge in [-0.25, -0.2) is 18.2 Å². The van der Waals surface area contributed by atoms with Crippen LogP contribution in [-0.4, -0.2) is 53.4 Å². The van der Waals surface area contributed by atoms with Crippen molar-refractivity contribution >= 4 is 22.8 Å². The lowest BCUT2D eigenvalue weighted by Gasteiger charge is -2.31. The molecule has 0 amide bonds. The molecule has 1 fully saturated rings. The van der Waals surface area contributed by atoms with Crippen molar-refractivity contribution in [1.29, 1.82) is 0 Å². The van der Waals surface area contributed by atoms with E-state index in [4.69, 9.17) is 10.5 Å². The minimum absolute atomic E-state index is 0.00130. The molecule has 178 valence electrons. The number of aromatic amines is 1. The first-order chi connectivity index (χ1) is 16.0. The van der Waals surface area contributed by atoms with Gasteiger partial charge in [-0.05, 0) is 62.7 Å². The number of nitrogens with zero attached hydrogens (tertiary/aromatic N) is 2. The number of benzene rings is 2. The Morgan fingerprint density at radius 3 is 2.73 bits per heavy atom. The number of piperidine rings is 1. The summed E-state index contributed by atoms with van der Waals surface area (Å²) < 4.78 is 48.4. The van der Waals surface area contributed by atoms with Crippen molar-refractivity contribution < 1.29 is 17.9 Å². The minimum Gasteiger partial charge on any atom is -0.362 e. The number of thioether (sulfide) groups is 1. The zero-order valence-corrected chi connectivity index (χ0v) is 19.4. The lowest BCUT2D eigenvalue weighted by molar-refractivity contribution is -0.0265. The van der Waals surface area contributed by atoms with Crippen LogP contribution in [0.5, 0.6) is 0 Å². The maximum atomic E-state index is 14.4. The Labute approximate surface area is 195 Å². The number of rotatable bonds is 9. The predicted octanol–water partition coefficient (Wildman–Crippen LogP) is 5.01. The minimum atomic E-state index is -1.52. The molecule has 1 aliphatic rings. The Balaban J connectivity index is 1.66. The van der Waals surface area contributed by atoms with Crippen molar-refractivity contribution in [3.8, 4) is 0 Å². The number of halogens is 3. The largest absolute Gasteiger partial charge is 0.362 e. The molecule has 0 aliphatic carbocycles. The Hall–Kier alpha value is -2.07. The van der Waals surface area contributed by atoms with Crippen LogP contribution in [-0.2, 0) is 4.74 Å². The molecule has 3 aromatic rings. The van der Waals surface area contributed by atoms with Crippen LogP contribution in [0, 0.1) is 17.5 Å². The molecule has 2 aromatic carbocycles. The van der Waals surface area contributed by atoms with Crippen molar-refractivity contribution in [2.24, 2.45) is 5.73 Å². The summed E-state index contributed by atoms with van der Waals surface area (Å²) in [6, 6.07) is 8.90. The number of hydrogen-bond donors (Lipinski definition) is 2. The number of nitrogens with two attached hydrogens (primary N) is 1. The highest BCUT2D eigenvalue weighted by Crippen LogP contribution is 2.33. The summed E-state index contributed by atoms with van der Waals surface area (Å²) in [6.07, 6.45) is 3.11. The number of imidazole rings is 1. The third-order valence-corrected chi connectivity index (χ3v) is 6.98. The van der Waals surface area contributed by atoms with E-state index in [0.717, 1.165) is 61.1 Å².